The zero-order valence-electron chi connectivity index (χ0n) is 14.5. The number of carbonyl (C=O) groups is 1. The van der Waals surface area contributed by atoms with Crippen LogP contribution in [0.2, 0.25) is 0 Å². The van der Waals surface area contributed by atoms with Gasteiger partial charge in [0, 0.05) is 45.0 Å². The third-order valence-electron chi connectivity index (χ3n) is 5.31. The van der Waals surface area contributed by atoms with Crippen LogP contribution in [-0.2, 0) is 24.3 Å². The average Bonchev–Trinajstić information content (AvgIpc) is 3.06. The van der Waals surface area contributed by atoms with Crippen LogP contribution in [0.4, 0.5) is 0 Å². The molecule has 1 atom stereocenters. The molecule has 1 amide bonds. The minimum absolute atomic E-state index is 0.137. The number of carbonyl (C=O) groups excluding carboxylic acids is 1. The molecule has 1 aromatic rings. The highest BCUT2D eigenvalue weighted by Gasteiger charge is 2.53. The zero-order valence-corrected chi connectivity index (χ0v) is 15.4. The summed E-state index contributed by atoms with van der Waals surface area (Å²) in [4.78, 5) is 18.3. The van der Waals surface area contributed by atoms with Crippen molar-refractivity contribution >= 4 is 15.9 Å². The number of pyridine rings is 1. The summed E-state index contributed by atoms with van der Waals surface area (Å²) in [6.07, 6.45) is 4.09. The van der Waals surface area contributed by atoms with Gasteiger partial charge in [0.25, 0.3) is 0 Å². The summed E-state index contributed by atoms with van der Waals surface area (Å²) in [6, 6.07) is 3.16. The maximum absolute atomic E-state index is 12.6. The van der Waals surface area contributed by atoms with Gasteiger partial charge in [-0.1, -0.05) is 0 Å². The second kappa shape index (κ2) is 6.88. The molecule has 0 N–H and O–H groups in total. The SMILES string of the molecule is O=C(CC1COC2(C1)CN(S(=O)(=O)c1cccnc1)C2)N1CCOCC1. The molecule has 0 aliphatic carbocycles. The number of hydrogen-bond acceptors (Lipinski definition) is 6. The maximum Gasteiger partial charge on any atom is 0.244 e. The minimum atomic E-state index is -3.52. The van der Waals surface area contributed by atoms with Crippen LogP contribution in [0, 0.1) is 5.92 Å². The molecule has 26 heavy (non-hydrogen) atoms. The Labute approximate surface area is 153 Å². The predicted molar refractivity (Wildman–Crippen MR) is 91.8 cm³/mol. The summed E-state index contributed by atoms with van der Waals surface area (Å²) in [5, 5.41) is 0. The molecule has 0 aromatic carbocycles. The first-order chi connectivity index (χ1) is 12.5. The first-order valence-corrected chi connectivity index (χ1v) is 10.3. The van der Waals surface area contributed by atoms with E-state index in [-0.39, 0.29) is 16.7 Å². The number of aromatic nitrogens is 1. The van der Waals surface area contributed by atoms with Crippen molar-refractivity contribution in [2.24, 2.45) is 5.92 Å². The lowest BCUT2D eigenvalue weighted by Crippen LogP contribution is -2.63. The number of sulfonamides is 1. The zero-order chi connectivity index (χ0) is 18.2. The molecule has 3 saturated heterocycles. The Morgan fingerprint density at radius 3 is 2.77 bits per heavy atom. The average molecular weight is 381 g/mol. The van der Waals surface area contributed by atoms with Crippen LogP contribution in [0.5, 0.6) is 0 Å². The Hall–Kier alpha value is -1.55. The first kappa shape index (κ1) is 17.8. The van der Waals surface area contributed by atoms with Crippen LogP contribution in [-0.4, -0.2) is 80.1 Å². The Morgan fingerprint density at radius 2 is 2.08 bits per heavy atom. The van der Waals surface area contributed by atoms with E-state index in [9.17, 15) is 13.2 Å². The van der Waals surface area contributed by atoms with Crippen molar-refractivity contribution in [2.45, 2.75) is 23.3 Å². The normalized spacial score (nSPS) is 26.0. The van der Waals surface area contributed by atoms with E-state index in [2.05, 4.69) is 4.98 Å². The Balaban J connectivity index is 1.32. The minimum Gasteiger partial charge on any atom is -0.378 e. The lowest BCUT2D eigenvalue weighted by atomic mass is 9.87. The molecule has 0 bridgehead atoms. The Bertz CT molecular complexity index is 758. The molecular weight excluding hydrogens is 358 g/mol. The first-order valence-electron chi connectivity index (χ1n) is 8.88. The van der Waals surface area contributed by atoms with Crippen LogP contribution < -0.4 is 0 Å². The summed E-state index contributed by atoms with van der Waals surface area (Å²) in [5.41, 5.74) is -0.439. The number of hydrogen-bond donors (Lipinski definition) is 0. The largest absolute Gasteiger partial charge is 0.378 e. The number of morpholine rings is 1. The molecule has 8 nitrogen and oxygen atoms in total. The molecule has 1 aromatic heterocycles. The quantitative estimate of drug-likeness (QED) is 0.736. The monoisotopic (exact) mass is 381 g/mol. The fourth-order valence-electron chi connectivity index (χ4n) is 3.89. The van der Waals surface area contributed by atoms with Crippen LogP contribution >= 0.6 is 0 Å². The van der Waals surface area contributed by atoms with Crippen molar-refractivity contribution < 1.29 is 22.7 Å². The lowest BCUT2D eigenvalue weighted by molar-refractivity contribution is -0.136. The number of ether oxygens (including phenoxy) is 2. The van der Waals surface area contributed by atoms with E-state index in [1.165, 1.54) is 10.5 Å². The van der Waals surface area contributed by atoms with Crippen molar-refractivity contribution in [2.75, 3.05) is 46.0 Å². The molecule has 142 valence electrons. The molecule has 4 rings (SSSR count). The molecular formula is C17H23N3O5S. The van der Waals surface area contributed by atoms with E-state index in [1.807, 2.05) is 4.90 Å². The van der Waals surface area contributed by atoms with E-state index in [1.54, 1.807) is 18.3 Å². The van der Waals surface area contributed by atoms with Gasteiger partial charge in [0.05, 0.1) is 25.4 Å². The molecule has 1 spiro atoms. The van der Waals surface area contributed by atoms with Crippen molar-refractivity contribution in [3.05, 3.63) is 24.5 Å². The van der Waals surface area contributed by atoms with Gasteiger partial charge in [-0.05, 0) is 24.5 Å². The Kier molecular flexibility index (Phi) is 4.72. The second-order valence-electron chi connectivity index (χ2n) is 7.22. The molecule has 3 fully saturated rings. The summed E-state index contributed by atoms with van der Waals surface area (Å²) in [6.45, 7) is 3.68. The van der Waals surface area contributed by atoms with Gasteiger partial charge in [0.2, 0.25) is 15.9 Å². The summed E-state index contributed by atoms with van der Waals surface area (Å²) in [5.74, 6) is 0.284. The fourth-order valence-corrected chi connectivity index (χ4v) is 5.45. The van der Waals surface area contributed by atoms with Gasteiger partial charge in [0.15, 0.2) is 0 Å². The summed E-state index contributed by atoms with van der Waals surface area (Å²) in [7, 11) is -3.52. The van der Waals surface area contributed by atoms with Crippen LogP contribution in [0.15, 0.2) is 29.4 Å². The molecule has 3 aliphatic heterocycles. The van der Waals surface area contributed by atoms with Gasteiger partial charge < -0.3 is 14.4 Å². The van der Waals surface area contributed by atoms with E-state index in [0.717, 1.165) is 6.42 Å². The summed E-state index contributed by atoms with van der Waals surface area (Å²) >= 11 is 0. The van der Waals surface area contributed by atoms with Gasteiger partial charge >= 0.3 is 0 Å². The van der Waals surface area contributed by atoms with Gasteiger partial charge in [-0.2, -0.15) is 4.31 Å². The predicted octanol–water partition coefficient (Wildman–Crippen LogP) is 0.110. The van der Waals surface area contributed by atoms with E-state index in [0.29, 0.717) is 52.4 Å². The highest BCUT2D eigenvalue weighted by Crippen LogP contribution is 2.41. The second-order valence-corrected chi connectivity index (χ2v) is 9.16. The number of amides is 1. The third-order valence-corrected chi connectivity index (χ3v) is 7.09. The van der Waals surface area contributed by atoms with Crippen molar-refractivity contribution in [3.63, 3.8) is 0 Å². The summed E-state index contributed by atoms with van der Waals surface area (Å²) < 4.78 is 37.8. The highest BCUT2D eigenvalue weighted by atomic mass is 32.2. The topological polar surface area (TPSA) is 89.0 Å². The number of nitrogens with zero attached hydrogens (tertiary/aromatic N) is 3. The molecule has 0 radical (unpaired) electrons. The molecule has 9 heteroatoms. The van der Waals surface area contributed by atoms with Gasteiger partial charge in [-0.25, -0.2) is 8.42 Å². The van der Waals surface area contributed by atoms with Crippen molar-refractivity contribution in [1.82, 2.24) is 14.2 Å². The molecule has 0 saturated carbocycles. The molecule has 4 heterocycles. The lowest BCUT2D eigenvalue weighted by Gasteiger charge is -2.45. The maximum atomic E-state index is 12.6. The molecule has 1 unspecified atom stereocenters. The van der Waals surface area contributed by atoms with E-state index < -0.39 is 15.6 Å². The third kappa shape index (κ3) is 3.36. The van der Waals surface area contributed by atoms with Crippen molar-refractivity contribution in [3.8, 4) is 0 Å². The smallest absolute Gasteiger partial charge is 0.244 e. The highest BCUT2D eigenvalue weighted by molar-refractivity contribution is 7.89. The van der Waals surface area contributed by atoms with Gasteiger partial charge in [-0.3, -0.25) is 9.78 Å². The standard InChI is InChI=1S/C17H23N3O5S/c21-16(19-4-6-24-7-5-19)8-14-9-17(25-11-14)12-20(13-17)26(22,23)15-2-1-3-18-10-15/h1-3,10,14H,4-9,11-13H2. The van der Waals surface area contributed by atoms with Crippen LogP contribution in [0.25, 0.3) is 0 Å². The Morgan fingerprint density at radius 1 is 1.31 bits per heavy atom. The van der Waals surface area contributed by atoms with Crippen molar-refractivity contribution in [1.29, 1.82) is 0 Å². The molecule has 3 aliphatic rings. The van der Waals surface area contributed by atoms with E-state index in [4.69, 9.17) is 9.47 Å². The fraction of sp³-hybridized carbons (Fsp3) is 0.647. The van der Waals surface area contributed by atoms with Gasteiger partial charge in [-0.15, -0.1) is 0 Å². The number of rotatable bonds is 4. The van der Waals surface area contributed by atoms with E-state index >= 15 is 0 Å². The van der Waals surface area contributed by atoms with Crippen LogP contribution in [0.3, 0.4) is 0 Å². The van der Waals surface area contributed by atoms with Crippen LogP contribution in [0.1, 0.15) is 12.8 Å². The van der Waals surface area contributed by atoms with Gasteiger partial charge in [0.1, 0.15) is 4.90 Å².